The number of aliphatic hydroxyl groups is 2. The minimum Gasteiger partial charge on any atom is -0.493 e. The maximum absolute atomic E-state index is 11.6. The van der Waals surface area contributed by atoms with Crippen LogP contribution in [0.3, 0.4) is 0 Å². The van der Waals surface area contributed by atoms with Crippen LogP contribution in [-0.2, 0) is 10.2 Å². The van der Waals surface area contributed by atoms with Gasteiger partial charge in [-0.15, -0.1) is 0 Å². The number of amides is 1. The average molecular weight is 446 g/mol. The monoisotopic (exact) mass is 445 g/mol. The Morgan fingerprint density at radius 3 is 2.56 bits per heavy atom. The van der Waals surface area contributed by atoms with Crippen molar-refractivity contribution in [2.75, 3.05) is 19.8 Å². The normalized spacial score (nSPS) is 13.0. The minimum absolute atomic E-state index is 0.00403. The molecule has 0 fully saturated rings. The number of carbonyl (C=O) groups is 1. The molecule has 1 atom stereocenters. The maximum atomic E-state index is 11.6. The van der Waals surface area contributed by atoms with Crippen LogP contribution >= 0.6 is 0 Å². The van der Waals surface area contributed by atoms with Gasteiger partial charge in [0.05, 0.1) is 13.2 Å². The third kappa shape index (κ3) is 12.7. The summed E-state index contributed by atoms with van der Waals surface area (Å²) in [6.07, 6.45) is 15.3. The van der Waals surface area contributed by atoms with Crippen molar-refractivity contribution < 1.29 is 19.7 Å². The van der Waals surface area contributed by atoms with Crippen LogP contribution in [0.25, 0.3) is 0 Å². The summed E-state index contributed by atoms with van der Waals surface area (Å²) in [5.74, 6) is 0.902. The Bertz CT molecular complexity index is 697. The van der Waals surface area contributed by atoms with Gasteiger partial charge in [-0.1, -0.05) is 56.7 Å². The van der Waals surface area contributed by atoms with Crippen LogP contribution in [0.4, 0.5) is 0 Å². The molecule has 0 spiro atoms. The van der Waals surface area contributed by atoms with Crippen LogP contribution < -0.4 is 10.1 Å². The van der Waals surface area contributed by atoms with E-state index in [0.29, 0.717) is 13.0 Å². The van der Waals surface area contributed by atoms with Gasteiger partial charge in [-0.05, 0) is 68.6 Å². The van der Waals surface area contributed by atoms with Crippen molar-refractivity contribution in [1.82, 2.24) is 5.32 Å². The number of aliphatic hydroxyl groups excluding tert-OH is 2. The van der Waals surface area contributed by atoms with Gasteiger partial charge in [0.15, 0.2) is 0 Å². The van der Waals surface area contributed by atoms with Crippen LogP contribution in [0.5, 0.6) is 5.75 Å². The molecule has 1 rings (SSSR count). The Morgan fingerprint density at radius 1 is 1.09 bits per heavy atom. The average Bonchev–Trinajstić information content (AvgIpc) is 2.77. The van der Waals surface area contributed by atoms with E-state index in [2.05, 4.69) is 61.7 Å². The molecule has 32 heavy (non-hydrogen) atoms. The highest BCUT2D eigenvalue weighted by Crippen LogP contribution is 2.31. The van der Waals surface area contributed by atoms with E-state index in [1.54, 1.807) is 6.92 Å². The van der Waals surface area contributed by atoms with Crippen molar-refractivity contribution in [3.8, 4) is 5.75 Å². The Hall–Kier alpha value is -2.11. The van der Waals surface area contributed by atoms with Crippen molar-refractivity contribution in [3.63, 3.8) is 0 Å². The van der Waals surface area contributed by atoms with Crippen molar-refractivity contribution >= 4 is 5.91 Å². The fourth-order valence-corrected chi connectivity index (χ4v) is 3.35. The van der Waals surface area contributed by atoms with E-state index in [9.17, 15) is 4.79 Å². The van der Waals surface area contributed by atoms with Gasteiger partial charge in [0.25, 0.3) is 0 Å². The summed E-state index contributed by atoms with van der Waals surface area (Å²) in [7, 11) is 0. The number of hydrogen-bond donors (Lipinski definition) is 3. The molecule has 0 heterocycles. The summed E-state index contributed by atoms with van der Waals surface area (Å²) in [6.45, 7) is 7.15. The topological polar surface area (TPSA) is 78.8 Å². The summed E-state index contributed by atoms with van der Waals surface area (Å²) < 4.78 is 5.92. The number of allylic oxidation sites excluding steroid dienone is 3. The number of carbonyl (C=O) groups excluding carboxylic acids is 1. The van der Waals surface area contributed by atoms with Crippen LogP contribution in [0.15, 0.2) is 48.6 Å². The minimum atomic E-state index is -0.176. The molecule has 180 valence electrons. The second kappa shape index (κ2) is 16.5. The summed E-state index contributed by atoms with van der Waals surface area (Å²) in [5, 5.41) is 20.7. The first-order valence-corrected chi connectivity index (χ1v) is 11.9. The quantitative estimate of drug-likeness (QED) is 0.231. The Kier molecular flexibility index (Phi) is 14.4. The summed E-state index contributed by atoms with van der Waals surface area (Å²) >= 11 is 0. The molecule has 0 saturated heterocycles. The molecule has 0 aliphatic rings. The second-order valence-electron chi connectivity index (χ2n) is 8.95. The van der Waals surface area contributed by atoms with Crippen LogP contribution in [0, 0.1) is 0 Å². The van der Waals surface area contributed by atoms with Gasteiger partial charge >= 0.3 is 0 Å². The first-order chi connectivity index (χ1) is 15.4. The molecule has 0 radical (unpaired) electrons. The zero-order valence-corrected chi connectivity index (χ0v) is 20.2. The van der Waals surface area contributed by atoms with Crippen molar-refractivity contribution in [3.05, 3.63) is 54.1 Å². The molecular weight excluding hydrogens is 402 g/mol. The number of benzene rings is 1. The zero-order valence-electron chi connectivity index (χ0n) is 20.2. The largest absolute Gasteiger partial charge is 0.493 e. The summed E-state index contributed by atoms with van der Waals surface area (Å²) in [4.78, 5) is 11.6. The molecule has 5 nitrogen and oxygen atoms in total. The van der Waals surface area contributed by atoms with Crippen LogP contribution in [0.1, 0.15) is 77.7 Å². The molecule has 3 N–H and O–H groups in total. The molecule has 1 aromatic carbocycles. The molecule has 0 saturated carbocycles. The van der Waals surface area contributed by atoms with Gasteiger partial charge in [0.2, 0.25) is 5.91 Å². The Balaban J connectivity index is 2.21. The van der Waals surface area contributed by atoms with E-state index < -0.39 is 0 Å². The lowest BCUT2D eigenvalue weighted by atomic mass is 9.80. The fourth-order valence-electron chi connectivity index (χ4n) is 3.35. The Morgan fingerprint density at radius 2 is 1.84 bits per heavy atom. The first kappa shape index (κ1) is 27.9. The molecule has 0 bridgehead atoms. The highest BCUT2D eigenvalue weighted by Gasteiger charge is 2.20. The van der Waals surface area contributed by atoms with E-state index in [0.717, 1.165) is 50.7 Å². The van der Waals surface area contributed by atoms with E-state index in [4.69, 9.17) is 14.9 Å². The number of rotatable bonds is 17. The number of nitrogens with one attached hydrogen (secondary N) is 1. The van der Waals surface area contributed by atoms with Gasteiger partial charge in [0, 0.05) is 19.1 Å². The van der Waals surface area contributed by atoms with Crippen molar-refractivity contribution in [2.45, 2.75) is 83.6 Å². The summed E-state index contributed by atoms with van der Waals surface area (Å²) in [6, 6.07) is 8.17. The van der Waals surface area contributed by atoms with Crippen LogP contribution in [-0.4, -0.2) is 42.0 Å². The standard InChI is InChI=1S/C27H43NO4/c1-23(22-30)28-26(31)17-10-8-6-4-5-7-9-13-20-32-25-16-14-15-24(21-25)27(2,3)18-11-12-19-29/h4,6-7,9,14-16,21,23,29-30H,5,8,10-13,17-20,22H2,1-3H3,(H,28,31)/b6-4-,9-7-/t23-/m1/s1. The SMILES string of the molecule is C[C@H](CO)NC(=O)CCC/C=C\C/C=C\CCOc1cccc(C(C)(C)CCCCO)c1. The van der Waals surface area contributed by atoms with Gasteiger partial charge in [0.1, 0.15) is 5.75 Å². The number of hydrogen-bond acceptors (Lipinski definition) is 4. The smallest absolute Gasteiger partial charge is 0.220 e. The lowest BCUT2D eigenvalue weighted by molar-refractivity contribution is -0.122. The molecule has 0 aliphatic heterocycles. The van der Waals surface area contributed by atoms with Gasteiger partial charge in [-0.25, -0.2) is 0 Å². The summed E-state index contributed by atoms with van der Waals surface area (Å²) in [5.41, 5.74) is 1.34. The molecule has 1 aromatic rings. The molecule has 5 heteroatoms. The van der Waals surface area contributed by atoms with Gasteiger partial charge in [-0.2, -0.15) is 0 Å². The molecule has 0 aromatic heterocycles. The van der Waals surface area contributed by atoms with E-state index >= 15 is 0 Å². The Labute approximate surface area is 194 Å². The maximum Gasteiger partial charge on any atom is 0.220 e. The predicted molar refractivity (Wildman–Crippen MR) is 132 cm³/mol. The molecule has 0 unspecified atom stereocenters. The van der Waals surface area contributed by atoms with E-state index in [1.165, 1.54) is 5.56 Å². The lowest BCUT2D eigenvalue weighted by Gasteiger charge is -2.25. The van der Waals surface area contributed by atoms with Crippen molar-refractivity contribution in [1.29, 1.82) is 0 Å². The first-order valence-electron chi connectivity index (χ1n) is 11.9. The highest BCUT2D eigenvalue weighted by molar-refractivity contribution is 5.76. The number of ether oxygens (including phenoxy) is 1. The highest BCUT2D eigenvalue weighted by atomic mass is 16.5. The molecular formula is C27H43NO4. The lowest BCUT2D eigenvalue weighted by Crippen LogP contribution is -2.34. The molecule has 0 aliphatic carbocycles. The number of unbranched alkanes of at least 4 members (excludes halogenated alkanes) is 2. The molecule has 1 amide bonds. The van der Waals surface area contributed by atoms with E-state index in [1.807, 2.05) is 6.07 Å². The van der Waals surface area contributed by atoms with Crippen molar-refractivity contribution in [2.24, 2.45) is 0 Å². The van der Waals surface area contributed by atoms with Crippen LogP contribution in [0.2, 0.25) is 0 Å². The second-order valence-corrected chi connectivity index (χ2v) is 8.95. The zero-order chi connectivity index (χ0) is 23.7. The van der Waals surface area contributed by atoms with Gasteiger partial charge in [-0.3, -0.25) is 4.79 Å². The van der Waals surface area contributed by atoms with E-state index in [-0.39, 0.29) is 30.6 Å². The fraction of sp³-hybridized carbons (Fsp3) is 0.593. The third-order valence-corrected chi connectivity index (χ3v) is 5.44. The van der Waals surface area contributed by atoms with Gasteiger partial charge < -0.3 is 20.3 Å². The third-order valence-electron chi connectivity index (χ3n) is 5.44. The predicted octanol–water partition coefficient (Wildman–Crippen LogP) is 5.07.